The summed E-state index contributed by atoms with van der Waals surface area (Å²) in [7, 11) is 1.48. The molecule has 0 spiro atoms. The topological polar surface area (TPSA) is 43.4 Å². The second-order valence-corrected chi connectivity index (χ2v) is 5.60. The van der Waals surface area contributed by atoms with Gasteiger partial charge in [-0.15, -0.1) is 11.3 Å². The van der Waals surface area contributed by atoms with Crippen LogP contribution in [0.5, 0.6) is 0 Å². The lowest BCUT2D eigenvalue weighted by Crippen LogP contribution is -2.28. The summed E-state index contributed by atoms with van der Waals surface area (Å²) in [6.07, 6.45) is 0. The van der Waals surface area contributed by atoms with Gasteiger partial charge in [0.25, 0.3) is 0 Å². The third-order valence-electron chi connectivity index (χ3n) is 2.86. The minimum absolute atomic E-state index is 0.0677. The Kier molecular flexibility index (Phi) is 5.06. The molecule has 0 radical (unpaired) electrons. The molecule has 0 fully saturated rings. The van der Waals surface area contributed by atoms with E-state index in [-0.39, 0.29) is 18.2 Å². The number of hydrogen-bond donors (Lipinski definition) is 0. The Bertz CT molecular complexity index is 590. The van der Waals surface area contributed by atoms with Crippen molar-refractivity contribution in [1.82, 2.24) is 0 Å². The van der Waals surface area contributed by atoms with E-state index in [2.05, 4.69) is 0 Å². The number of thiophene rings is 1. The number of carbonyl (C=O) groups is 2. The first-order valence-corrected chi connectivity index (χ1v) is 7.25. The standard InChI is InChI=1S/C15H13ClO3S/c1-19-9-12(15(18)13-3-2-8-20-13)14(17)10-4-6-11(16)7-5-10/h2-8,12H,9H2,1H3. The van der Waals surface area contributed by atoms with Crippen LogP contribution in [0.2, 0.25) is 5.02 Å². The van der Waals surface area contributed by atoms with Gasteiger partial charge in [-0.1, -0.05) is 17.7 Å². The summed E-state index contributed by atoms with van der Waals surface area (Å²) < 4.78 is 5.03. The minimum atomic E-state index is -0.820. The van der Waals surface area contributed by atoms with Crippen LogP contribution in [-0.4, -0.2) is 25.3 Å². The van der Waals surface area contributed by atoms with Gasteiger partial charge < -0.3 is 4.74 Å². The number of Topliss-reactive ketones (excluding diaryl/α,β-unsaturated/α-hetero) is 2. The zero-order valence-corrected chi connectivity index (χ0v) is 12.4. The fraction of sp³-hybridized carbons (Fsp3) is 0.200. The van der Waals surface area contributed by atoms with Crippen LogP contribution in [0.15, 0.2) is 41.8 Å². The molecule has 0 amide bonds. The summed E-state index contributed by atoms with van der Waals surface area (Å²) in [5.74, 6) is -1.27. The van der Waals surface area contributed by atoms with Gasteiger partial charge in [0.15, 0.2) is 11.6 Å². The number of halogens is 1. The fourth-order valence-electron chi connectivity index (χ4n) is 1.84. The molecule has 1 aromatic heterocycles. The maximum absolute atomic E-state index is 12.4. The predicted octanol–water partition coefficient (Wildman–Crippen LogP) is 3.73. The summed E-state index contributed by atoms with van der Waals surface area (Å²) >= 11 is 7.12. The van der Waals surface area contributed by atoms with Crippen molar-refractivity contribution in [1.29, 1.82) is 0 Å². The van der Waals surface area contributed by atoms with Crippen molar-refractivity contribution in [3.05, 3.63) is 57.2 Å². The van der Waals surface area contributed by atoms with Gasteiger partial charge in [0.05, 0.1) is 11.5 Å². The number of benzene rings is 1. The Labute approximate surface area is 126 Å². The molecule has 5 heteroatoms. The highest BCUT2D eigenvalue weighted by atomic mass is 35.5. The summed E-state index contributed by atoms with van der Waals surface area (Å²) in [5, 5.41) is 2.36. The van der Waals surface area contributed by atoms with Crippen LogP contribution in [0.3, 0.4) is 0 Å². The van der Waals surface area contributed by atoms with Crippen LogP contribution in [0.4, 0.5) is 0 Å². The molecule has 0 saturated carbocycles. The molecule has 0 aliphatic rings. The molecule has 0 N–H and O–H groups in total. The van der Waals surface area contributed by atoms with Crippen LogP contribution in [0, 0.1) is 5.92 Å². The highest BCUT2D eigenvalue weighted by Crippen LogP contribution is 2.20. The molecule has 0 bridgehead atoms. The quantitative estimate of drug-likeness (QED) is 0.603. The maximum Gasteiger partial charge on any atom is 0.185 e. The Morgan fingerprint density at radius 1 is 1.20 bits per heavy atom. The Hall–Kier alpha value is -1.49. The van der Waals surface area contributed by atoms with Gasteiger partial charge in [0, 0.05) is 17.7 Å². The van der Waals surface area contributed by atoms with Crippen molar-refractivity contribution in [3.63, 3.8) is 0 Å². The van der Waals surface area contributed by atoms with E-state index in [1.165, 1.54) is 18.4 Å². The van der Waals surface area contributed by atoms with Crippen LogP contribution >= 0.6 is 22.9 Å². The molecule has 3 nitrogen and oxygen atoms in total. The highest BCUT2D eigenvalue weighted by Gasteiger charge is 2.29. The van der Waals surface area contributed by atoms with Crippen LogP contribution < -0.4 is 0 Å². The number of carbonyl (C=O) groups excluding carboxylic acids is 2. The Balaban J connectivity index is 2.26. The number of ether oxygens (including phenoxy) is 1. The summed E-state index contributed by atoms with van der Waals surface area (Å²) in [4.78, 5) is 25.4. The lowest BCUT2D eigenvalue weighted by Gasteiger charge is -2.13. The zero-order valence-electron chi connectivity index (χ0n) is 10.8. The zero-order chi connectivity index (χ0) is 14.5. The van der Waals surface area contributed by atoms with Crippen molar-refractivity contribution >= 4 is 34.5 Å². The van der Waals surface area contributed by atoms with Gasteiger partial charge in [-0.25, -0.2) is 0 Å². The van der Waals surface area contributed by atoms with Gasteiger partial charge in [0.2, 0.25) is 0 Å². The van der Waals surface area contributed by atoms with Crippen LogP contribution in [0.1, 0.15) is 20.0 Å². The van der Waals surface area contributed by atoms with E-state index < -0.39 is 5.92 Å². The van der Waals surface area contributed by atoms with E-state index in [1.54, 1.807) is 36.4 Å². The summed E-state index contributed by atoms with van der Waals surface area (Å²) in [6.45, 7) is 0.0677. The van der Waals surface area contributed by atoms with E-state index in [1.807, 2.05) is 5.38 Å². The smallest absolute Gasteiger partial charge is 0.185 e. The molecule has 1 atom stereocenters. The van der Waals surface area contributed by atoms with Crippen molar-refractivity contribution in [2.24, 2.45) is 5.92 Å². The second-order valence-electron chi connectivity index (χ2n) is 4.22. The molecule has 1 aromatic carbocycles. The lowest BCUT2D eigenvalue weighted by molar-refractivity contribution is 0.0695. The van der Waals surface area contributed by atoms with E-state index in [0.29, 0.717) is 15.5 Å². The van der Waals surface area contributed by atoms with Crippen molar-refractivity contribution < 1.29 is 14.3 Å². The molecule has 0 aliphatic carbocycles. The van der Waals surface area contributed by atoms with Gasteiger partial charge in [-0.3, -0.25) is 9.59 Å². The molecule has 0 saturated heterocycles. The maximum atomic E-state index is 12.4. The minimum Gasteiger partial charge on any atom is -0.383 e. The highest BCUT2D eigenvalue weighted by molar-refractivity contribution is 7.12. The van der Waals surface area contributed by atoms with E-state index in [4.69, 9.17) is 16.3 Å². The van der Waals surface area contributed by atoms with E-state index in [0.717, 1.165) is 0 Å². The van der Waals surface area contributed by atoms with Crippen molar-refractivity contribution in [3.8, 4) is 0 Å². The van der Waals surface area contributed by atoms with Crippen LogP contribution in [0.25, 0.3) is 0 Å². The van der Waals surface area contributed by atoms with Crippen molar-refractivity contribution in [2.75, 3.05) is 13.7 Å². The number of methoxy groups -OCH3 is 1. The Morgan fingerprint density at radius 2 is 1.90 bits per heavy atom. The van der Waals surface area contributed by atoms with Gasteiger partial charge in [-0.2, -0.15) is 0 Å². The average Bonchev–Trinajstić information content (AvgIpc) is 2.98. The number of ketones is 2. The lowest BCUT2D eigenvalue weighted by atomic mass is 9.93. The average molecular weight is 309 g/mol. The monoisotopic (exact) mass is 308 g/mol. The molecule has 1 unspecified atom stereocenters. The first-order valence-electron chi connectivity index (χ1n) is 6.00. The van der Waals surface area contributed by atoms with Crippen LogP contribution in [-0.2, 0) is 4.74 Å². The van der Waals surface area contributed by atoms with Gasteiger partial charge >= 0.3 is 0 Å². The fourth-order valence-corrected chi connectivity index (χ4v) is 2.69. The van der Waals surface area contributed by atoms with E-state index in [9.17, 15) is 9.59 Å². The largest absolute Gasteiger partial charge is 0.383 e. The third kappa shape index (κ3) is 3.33. The normalized spacial score (nSPS) is 12.1. The Morgan fingerprint density at radius 3 is 2.45 bits per heavy atom. The molecule has 20 heavy (non-hydrogen) atoms. The van der Waals surface area contributed by atoms with Gasteiger partial charge in [0.1, 0.15) is 5.92 Å². The van der Waals surface area contributed by atoms with Gasteiger partial charge in [-0.05, 0) is 35.7 Å². The number of rotatable bonds is 6. The van der Waals surface area contributed by atoms with E-state index >= 15 is 0 Å². The first-order chi connectivity index (χ1) is 9.63. The molecule has 104 valence electrons. The van der Waals surface area contributed by atoms with Crippen molar-refractivity contribution in [2.45, 2.75) is 0 Å². The second kappa shape index (κ2) is 6.79. The molecule has 0 aliphatic heterocycles. The predicted molar refractivity (Wildman–Crippen MR) is 79.8 cm³/mol. The summed E-state index contributed by atoms with van der Waals surface area (Å²) in [5.41, 5.74) is 0.460. The first kappa shape index (κ1) is 14.9. The number of hydrogen-bond acceptors (Lipinski definition) is 4. The third-order valence-corrected chi connectivity index (χ3v) is 4.00. The molecule has 2 rings (SSSR count). The molecule has 2 aromatic rings. The molecule has 1 heterocycles. The molecular weight excluding hydrogens is 296 g/mol. The summed E-state index contributed by atoms with van der Waals surface area (Å²) in [6, 6.07) is 10.0. The molecular formula is C15H13ClO3S. The SMILES string of the molecule is COCC(C(=O)c1ccc(Cl)cc1)C(=O)c1cccs1.